The Bertz CT molecular complexity index is 3390. The number of benzene rings is 9. The largest absolute Gasteiger partial charge is 0.309 e. The summed E-state index contributed by atoms with van der Waals surface area (Å²) in [5.41, 5.74) is 14.6. The highest BCUT2D eigenvalue weighted by molar-refractivity contribution is 7.26. The van der Waals surface area contributed by atoms with Crippen molar-refractivity contribution in [1.82, 2.24) is 9.97 Å². The molecule has 9 aromatic carbocycles. The van der Waals surface area contributed by atoms with Gasteiger partial charge in [0.25, 0.3) is 0 Å². The highest BCUT2D eigenvalue weighted by atomic mass is 32.1. The molecule has 0 bridgehead atoms. The van der Waals surface area contributed by atoms with Crippen LogP contribution in [0.3, 0.4) is 0 Å². The average molecular weight is 756 g/mol. The molecule has 2 aromatic heterocycles. The summed E-state index contributed by atoms with van der Waals surface area (Å²) in [7, 11) is 0. The second-order valence-electron chi connectivity index (χ2n) is 14.9. The van der Waals surface area contributed by atoms with E-state index in [1.54, 1.807) is 11.3 Å². The van der Waals surface area contributed by atoms with Gasteiger partial charge >= 0.3 is 0 Å². The van der Waals surface area contributed by atoms with E-state index in [1.165, 1.54) is 59.7 Å². The number of hydrogen-bond donors (Lipinski definition) is 0. The maximum absolute atomic E-state index is 5.44. The molecule has 0 atom stereocenters. The van der Waals surface area contributed by atoms with Crippen molar-refractivity contribution >= 4 is 70.2 Å². The topological polar surface area (TPSA) is 29.0 Å². The van der Waals surface area contributed by atoms with Crippen molar-refractivity contribution in [3.05, 3.63) is 200 Å². The summed E-state index contributed by atoms with van der Waals surface area (Å²) in [6, 6.07) is 72.1. The Kier molecular flexibility index (Phi) is 7.40. The minimum Gasteiger partial charge on any atom is -0.309 e. The van der Waals surface area contributed by atoms with Crippen LogP contribution < -0.4 is 4.90 Å². The number of aromatic nitrogens is 2. The third-order valence-electron chi connectivity index (χ3n) is 11.6. The molecule has 11 aromatic rings. The number of anilines is 3. The van der Waals surface area contributed by atoms with Gasteiger partial charge in [0.05, 0.1) is 27.3 Å². The second kappa shape index (κ2) is 13.1. The number of fused-ring (bicyclic) bond motifs is 6. The van der Waals surface area contributed by atoms with Gasteiger partial charge in [-0.3, -0.25) is 0 Å². The van der Waals surface area contributed by atoms with E-state index in [-0.39, 0.29) is 0 Å². The summed E-state index contributed by atoms with van der Waals surface area (Å²) in [5.74, 6) is 0.717. The Morgan fingerprint density at radius 3 is 1.95 bits per heavy atom. The van der Waals surface area contributed by atoms with Crippen molar-refractivity contribution in [2.45, 2.75) is 0 Å². The number of nitrogens with zero attached hydrogens (tertiary/aromatic N) is 3. The molecule has 0 amide bonds. The SMILES string of the molecule is c1ccc(-c2ccc3c4c(cccc24)-c2cc(-c4nc(-c5ccc(-c6ccc7ccccc7c6)cc5)c5sc6ccccc6c5n4)ccc2N3c2ccccc2)cc1. The summed E-state index contributed by atoms with van der Waals surface area (Å²) >= 11 is 1.77. The van der Waals surface area contributed by atoms with E-state index in [4.69, 9.17) is 9.97 Å². The first-order valence-electron chi connectivity index (χ1n) is 19.7. The molecule has 3 heterocycles. The van der Waals surface area contributed by atoms with Crippen LogP contribution in [0.1, 0.15) is 0 Å². The Balaban J connectivity index is 1.05. The van der Waals surface area contributed by atoms with Crippen molar-refractivity contribution in [1.29, 1.82) is 0 Å². The lowest BCUT2D eigenvalue weighted by molar-refractivity contribution is 1.23. The quantitative estimate of drug-likeness (QED) is 0.175. The molecule has 12 rings (SSSR count). The number of hydrogen-bond acceptors (Lipinski definition) is 4. The molecule has 270 valence electrons. The average Bonchev–Trinajstić information content (AvgIpc) is 3.68. The third-order valence-corrected chi connectivity index (χ3v) is 12.8. The van der Waals surface area contributed by atoms with Crippen molar-refractivity contribution in [2.24, 2.45) is 0 Å². The van der Waals surface area contributed by atoms with Crippen LogP contribution in [0.4, 0.5) is 17.1 Å². The standard InChI is InChI=1S/C54H33N3S/c1-3-13-36(14-4-1)42-29-31-48-50-43(42)19-11-20-44(50)46-33-40(28-30-47(46)57(48)41-16-5-2-6-17-41)54-55-51(53-52(56-54)45-18-9-10-21-49(45)58-53)37-25-22-35(23-26-37)39-27-24-34-12-7-8-15-38(34)32-39/h1-33H. The first-order valence-corrected chi connectivity index (χ1v) is 20.5. The van der Waals surface area contributed by atoms with Crippen molar-refractivity contribution < 1.29 is 0 Å². The third kappa shape index (κ3) is 5.19. The lowest BCUT2D eigenvalue weighted by atomic mass is 9.87. The molecule has 0 fully saturated rings. The minimum absolute atomic E-state index is 0.717. The van der Waals surface area contributed by atoms with Crippen LogP contribution in [0, 0.1) is 0 Å². The molecule has 58 heavy (non-hydrogen) atoms. The maximum atomic E-state index is 5.44. The van der Waals surface area contributed by atoms with Gasteiger partial charge in [-0.15, -0.1) is 11.3 Å². The van der Waals surface area contributed by atoms with E-state index >= 15 is 0 Å². The molecule has 0 spiro atoms. The normalized spacial score (nSPS) is 12.1. The predicted octanol–water partition coefficient (Wildman–Crippen LogP) is 15.3. The highest BCUT2D eigenvalue weighted by Gasteiger charge is 2.28. The smallest absolute Gasteiger partial charge is 0.160 e. The molecule has 0 radical (unpaired) electrons. The van der Waals surface area contributed by atoms with Crippen LogP contribution in [-0.2, 0) is 0 Å². The van der Waals surface area contributed by atoms with Crippen LogP contribution in [0.2, 0.25) is 0 Å². The van der Waals surface area contributed by atoms with Crippen LogP contribution >= 0.6 is 11.3 Å². The van der Waals surface area contributed by atoms with Gasteiger partial charge in [0.15, 0.2) is 5.82 Å². The molecule has 0 saturated carbocycles. The van der Waals surface area contributed by atoms with Gasteiger partial charge in [-0.05, 0) is 92.5 Å². The van der Waals surface area contributed by atoms with Gasteiger partial charge in [0.1, 0.15) is 0 Å². The first-order chi connectivity index (χ1) is 28.7. The van der Waals surface area contributed by atoms with Crippen LogP contribution in [0.15, 0.2) is 200 Å². The van der Waals surface area contributed by atoms with Gasteiger partial charge in [-0.2, -0.15) is 0 Å². The van der Waals surface area contributed by atoms with Crippen LogP contribution in [0.25, 0.3) is 97.9 Å². The van der Waals surface area contributed by atoms with Gasteiger partial charge in [-0.25, -0.2) is 9.97 Å². The molecule has 1 aliphatic rings. The molecular weight excluding hydrogens is 723 g/mol. The summed E-state index contributed by atoms with van der Waals surface area (Å²) in [6.07, 6.45) is 0. The van der Waals surface area contributed by atoms with Gasteiger partial charge in [-0.1, -0.05) is 152 Å². The highest BCUT2D eigenvalue weighted by Crippen LogP contribution is 2.53. The van der Waals surface area contributed by atoms with Crippen molar-refractivity contribution in [3.8, 4) is 56.0 Å². The Labute approximate surface area is 339 Å². The van der Waals surface area contributed by atoms with Crippen molar-refractivity contribution in [2.75, 3.05) is 4.90 Å². The van der Waals surface area contributed by atoms with Gasteiger partial charge in [0, 0.05) is 37.9 Å². The van der Waals surface area contributed by atoms with Crippen LogP contribution in [-0.4, -0.2) is 9.97 Å². The molecule has 1 aliphatic heterocycles. The lowest BCUT2D eigenvalue weighted by Gasteiger charge is -2.34. The Morgan fingerprint density at radius 2 is 1.09 bits per heavy atom. The van der Waals surface area contributed by atoms with Gasteiger partial charge in [0.2, 0.25) is 0 Å². The molecule has 0 unspecified atom stereocenters. The zero-order chi connectivity index (χ0) is 38.2. The zero-order valence-electron chi connectivity index (χ0n) is 31.3. The van der Waals surface area contributed by atoms with E-state index in [2.05, 4.69) is 205 Å². The number of rotatable bonds is 5. The van der Waals surface area contributed by atoms with E-state index in [0.717, 1.165) is 55.2 Å². The monoisotopic (exact) mass is 755 g/mol. The summed E-state index contributed by atoms with van der Waals surface area (Å²) in [5, 5.41) is 6.11. The van der Waals surface area contributed by atoms with E-state index < -0.39 is 0 Å². The fraction of sp³-hybridized carbons (Fsp3) is 0. The van der Waals surface area contributed by atoms with E-state index in [1.807, 2.05) is 0 Å². The summed E-state index contributed by atoms with van der Waals surface area (Å²) < 4.78 is 2.31. The first kappa shape index (κ1) is 32.8. The lowest BCUT2D eigenvalue weighted by Crippen LogP contribution is -2.15. The van der Waals surface area contributed by atoms with E-state index in [0.29, 0.717) is 0 Å². The predicted molar refractivity (Wildman–Crippen MR) is 245 cm³/mol. The Hall–Kier alpha value is -7.40. The number of para-hydroxylation sites is 1. The van der Waals surface area contributed by atoms with Crippen molar-refractivity contribution in [3.63, 3.8) is 0 Å². The molecule has 3 nitrogen and oxygen atoms in total. The molecular formula is C54H33N3S. The molecule has 0 aliphatic carbocycles. The fourth-order valence-corrected chi connectivity index (χ4v) is 10.00. The molecule has 0 saturated heterocycles. The summed E-state index contributed by atoms with van der Waals surface area (Å²) in [6.45, 7) is 0. The molecule has 4 heteroatoms. The second-order valence-corrected chi connectivity index (χ2v) is 16.0. The summed E-state index contributed by atoms with van der Waals surface area (Å²) in [4.78, 5) is 13.2. The Morgan fingerprint density at radius 1 is 0.397 bits per heavy atom. The molecule has 0 N–H and O–H groups in total. The maximum Gasteiger partial charge on any atom is 0.160 e. The van der Waals surface area contributed by atoms with Crippen LogP contribution in [0.5, 0.6) is 0 Å². The number of thiophene rings is 1. The van der Waals surface area contributed by atoms with Gasteiger partial charge < -0.3 is 4.90 Å². The zero-order valence-corrected chi connectivity index (χ0v) is 32.1. The fourth-order valence-electron chi connectivity index (χ4n) is 8.84. The van der Waals surface area contributed by atoms with E-state index in [9.17, 15) is 0 Å². The minimum atomic E-state index is 0.717.